The molecular formula is C11H17NO4S. The molecule has 0 spiro atoms. The molecule has 0 amide bonds. The lowest BCUT2D eigenvalue weighted by Crippen LogP contribution is -2.32. The van der Waals surface area contributed by atoms with Crippen molar-refractivity contribution in [2.75, 3.05) is 30.3 Å². The van der Waals surface area contributed by atoms with Gasteiger partial charge in [0.1, 0.15) is 5.75 Å². The Morgan fingerprint density at radius 2 is 1.88 bits per heavy atom. The molecule has 5 nitrogen and oxygen atoms in total. The molecule has 17 heavy (non-hydrogen) atoms. The molecular weight excluding hydrogens is 242 g/mol. The largest absolute Gasteiger partial charge is 0.494 e. The van der Waals surface area contributed by atoms with Gasteiger partial charge in [0.2, 0.25) is 10.0 Å². The fourth-order valence-electron chi connectivity index (χ4n) is 1.45. The van der Waals surface area contributed by atoms with E-state index in [2.05, 4.69) is 0 Å². The average molecular weight is 259 g/mol. The molecule has 0 aromatic heterocycles. The second-order valence-electron chi connectivity index (χ2n) is 3.49. The fraction of sp³-hybridized carbons (Fsp3) is 0.455. The van der Waals surface area contributed by atoms with Gasteiger partial charge in [0.25, 0.3) is 0 Å². The van der Waals surface area contributed by atoms with Gasteiger partial charge in [0.05, 0.1) is 31.7 Å². The van der Waals surface area contributed by atoms with Crippen LogP contribution in [0.25, 0.3) is 0 Å². The van der Waals surface area contributed by atoms with Crippen molar-refractivity contribution in [3.8, 4) is 5.75 Å². The second-order valence-corrected chi connectivity index (χ2v) is 5.39. The van der Waals surface area contributed by atoms with E-state index < -0.39 is 10.0 Å². The Bertz CT molecular complexity index is 441. The molecule has 0 aliphatic rings. The van der Waals surface area contributed by atoms with Crippen molar-refractivity contribution >= 4 is 15.7 Å². The van der Waals surface area contributed by atoms with E-state index in [-0.39, 0.29) is 13.2 Å². The predicted molar refractivity (Wildman–Crippen MR) is 66.9 cm³/mol. The lowest BCUT2D eigenvalue weighted by atomic mass is 10.3. The van der Waals surface area contributed by atoms with Gasteiger partial charge in [-0.25, -0.2) is 8.42 Å². The molecule has 0 aliphatic carbocycles. The van der Waals surface area contributed by atoms with E-state index in [0.29, 0.717) is 18.0 Å². The molecule has 0 fully saturated rings. The Kier molecular flexibility index (Phi) is 4.77. The monoisotopic (exact) mass is 259 g/mol. The Balaban J connectivity index is 2.96. The number of aliphatic hydroxyl groups excluding tert-OH is 1. The maximum Gasteiger partial charge on any atom is 0.232 e. The summed E-state index contributed by atoms with van der Waals surface area (Å²) < 4.78 is 29.5. The molecule has 0 unspecified atom stereocenters. The molecule has 0 atom stereocenters. The number of rotatable bonds is 6. The van der Waals surface area contributed by atoms with Gasteiger partial charge in [-0.2, -0.15) is 0 Å². The van der Waals surface area contributed by atoms with Gasteiger partial charge in [-0.05, 0) is 31.2 Å². The van der Waals surface area contributed by atoms with Crippen LogP contribution in [0.15, 0.2) is 24.3 Å². The third-order valence-electron chi connectivity index (χ3n) is 2.14. The number of benzene rings is 1. The normalized spacial score (nSPS) is 11.2. The van der Waals surface area contributed by atoms with Crippen LogP contribution >= 0.6 is 0 Å². The van der Waals surface area contributed by atoms with E-state index in [0.717, 1.165) is 10.6 Å². The lowest BCUT2D eigenvalue weighted by molar-refractivity contribution is 0.306. The van der Waals surface area contributed by atoms with Gasteiger partial charge in [-0.1, -0.05) is 0 Å². The van der Waals surface area contributed by atoms with E-state index in [1.54, 1.807) is 24.3 Å². The highest BCUT2D eigenvalue weighted by atomic mass is 32.2. The van der Waals surface area contributed by atoms with Crippen LogP contribution in [0.4, 0.5) is 5.69 Å². The van der Waals surface area contributed by atoms with Crippen molar-refractivity contribution in [3.63, 3.8) is 0 Å². The van der Waals surface area contributed by atoms with Crippen LogP contribution in [0.5, 0.6) is 5.75 Å². The van der Waals surface area contributed by atoms with Crippen LogP contribution in [0.1, 0.15) is 6.92 Å². The molecule has 96 valence electrons. The molecule has 1 rings (SSSR count). The van der Waals surface area contributed by atoms with Crippen molar-refractivity contribution in [2.24, 2.45) is 0 Å². The first-order valence-electron chi connectivity index (χ1n) is 5.30. The predicted octanol–water partition coefficient (Wildman–Crippen LogP) is 0.844. The van der Waals surface area contributed by atoms with E-state index >= 15 is 0 Å². The van der Waals surface area contributed by atoms with Gasteiger partial charge in [-0.3, -0.25) is 4.31 Å². The van der Waals surface area contributed by atoms with E-state index in [4.69, 9.17) is 9.84 Å². The van der Waals surface area contributed by atoms with E-state index in [1.165, 1.54) is 0 Å². The molecule has 0 saturated carbocycles. The summed E-state index contributed by atoms with van der Waals surface area (Å²) in [5.74, 6) is 0.689. The first-order chi connectivity index (χ1) is 7.99. The number of ether oxygens (including phenoxy) is 1. The smallest absolute Gasteiger partial charge is 0.232 e. The van der Waals surface area contributed by atoms with Gasteiger partial charge in [-0.15, -0.1) is 0 Å². The van der Waals surface area contributed by atoms with Crippen LogP contribution < -0.4 is 9.04 Å². The van der Waals surface area contributed by atoms with E-state index in [9.17, 15) is 8.42 Å². The highest BCUT2D eigenvalue weighted by molar-refractivity contribution is 7.92. The first kappa shape index (κ1) is 13.8. The van der Waals surface area contributed by atoms with Gasteiger partial charge < -0.3 is 9.84 Å². The molecule has 1 aromatic carbocycles. The molecule has 0 radical (unpaired) electrons. The Hall–Kier alpha value is -1.27. The van der Waals surface area contributed by atoms with Crippen LogP contribution in [-0.4, -0.2) is 39.5 Å². The Labute approximate surface area is 102 Å². The van der Waals surface area contributed by atoms with Crippen LogP contribution in [0.3, 0.4) is 0 Å². The highest BCUT2D eigenvalue weighted by Gasteiger charge is 2.16. The van der Waals surface area contributed by atoms with Crippen molar-refractivity contribution < 1.29 is 18.3 Å². The van der Waals surface area contributed by atoms with Crippen LogP contribution in [0.2, 0.25) is 0 Å². The lowest BCUT2D eigenvalue weighted by Gasteiger charge is -2.21. The molecule has 0 heterocycles. The summed E-state index contributed by atoms with van der Waals surface area (Å²) in [6.07, 6.45) is 1.11. The summed E-state index contributed by atoms with van der Waals surface area (Å²) in [6, 6.07) is 6.71. The minimum absolute atomic E-state index is 0.0484. The summed E-state index contributed by atoms with van der Waals surface area (Å²) in [5.41, 5.74) is 0.519. The average Bonchev–Trinajstić information content (AvgIpc) is 2.26. The SMILES string of the molecule is CCOc1ccc(N(CCO)S(C)(=O)=O)cc1. The maximum absolute atomic E-state index is 11.5. The zero-order chi connectivity index (χ0) is 12.9. The number of hydrogen-bond donors (Lipinski definition) is 1. The van der Waals surface area contributed by atoms with Crippen LogP contribution in [-0.2, 0) is 10.0 Å². The number of hydrogen-bond acceptors (Lipinski definition) is 4. The third-order valence-corrected chi connectivity index (χ3v) is 3.33. The zero-order valence-corrected chi connectivity index (χ0v) is 10.8. The summed E-state index contributed by atoms with van der Waals surface area (Å²) in [4.78, 5) is 0. The van der Waals surface area contributed by atoms with Crippen molar-refractivity contribution in [1.82, 2.24) is 0 Å². The van der Waals surface area contributed by atoms with Crippen molar-refractivity contribution in [1.29, 1.82) is 0 Å². The summed E-state index contributed by atoms with van der Waals surface area (Å²) in [6.45, 7) is 2.27. The molecule has 0 aliphatic heterocycles. The summed E-state index contributed by atoms with van der Waals surface area (Å²) >= 11 is 0. The molecule has 0 saturated heterocycles. The quantitative estimate of drug-likeness (QED) is 0.822. The minimum atomic E-state index is -3.37. The van der Waals surface area contributed by atoms with Crippen molar-refractivity contribution in [2.45, 2.75) is 6.92 Å². The topological polar surface area (TPSA) is 66.8 Å². The minimum Gasteiger partial charge on any atom is -0.494 e. The number of sulfonamides is 1. The summed E-state index contributed by atoms with van der Waals surface area (Å²) in [5, 5.41) is 8.87. The number of anilines is 1. The molecule has 0 bridgehead atoms. The second kappa shape index (κ2) is 5.88. The zero-order valence-electron chi connectivity index (χ0n) is 9.96. The Morgan fingerprint density at radius 3 is 2.29 bits per heavy atom. The fourth-order valence-corrected chi connectivity index (χ4v) is 2.37. The molecule has 6 heteroatoms. The van der Waals surface area contributed by atoms with Gasteiger partial charge in [0, 0.05) is 0 Å². The van der Waals surface area contributed by atoms with Gasteiger partial charge >= 0.3 is 0 Å². The Morgan fingerprint density at radius 1 is 1.29 bits per heavy atom. The summed E-state index contributed by atoms with van der Waals surface area (Å²) in [7, 11) is -3.37. The number of nitrogens with zero attached hydrogens (tertiary/aromatic N) is 1. The third kappa shape index (κ3) is 3.90. The maximum atomic E-state index is 11.5. The molecule has 1 N–H and O–H groups in total. The van der Waals surface area contributed by atoms with Crippen molar-refractivity contribution in [3.05, 3.63) is 24.3 Å². The standard InChI is InChI=1S/C11H17NO4S/c1-3-16-11-6-4-10(5-7-11)12(8-9-13)17(2,14)15/h4-7,13H,3,8-9H2,1-2H3. The first-order valence-corrected chi connectivity index (χ1v) is 7.15. The van der Waals surface area contributed by atoms with E-state index in [1.807, 2.05) is 6.92 Å². The highest BCUT2D eigenvalue weighted by Crippen LogP contribution is 2.21. The number of aliphatic hydroxyl groups is 1. The van der Waals surface area contributed by atoms with Gasteiger partial charge in [0.15, 0.2) is 0 Å². The molecule has 1 aromatic rings. The van der Waals surface area contributed by atoms with Crippen LogP contribution in [0, 0.1) is 0 Å².